The van der Waals surface area contributed by atoms with E-state index < -0.39 is 18.5 Å². The molecule has 2 aromatic heterocycles. The highest BCUT2D eigenvalue weighted by Crippen LogP contribution is 2.35. The number of pyridine rings is 1. The molecule has 9 heteroatoms. The van der Waals surface area contributed by atoms with Crippen molar-refractivity contribution >= 4 is 50.7 Å². The summed E-state index contributed by atoms with van der Waals surface area (Å²) in [6, 6.07) is 8.79. The Kier molecular flexibility index (Phi) is 5.60. The van der Waals surface area contributed by atoms with Gasteiger partial charge in [0.1, 0.15) is 9.71 Å². The molecule has 160 valence electrons. The summed E-state index contributed by atoms with van der Waals surface area (Å²) in [7, 11) is 0. The first-order valence-corrected chi connectivity index (χ1v) is 10.7. The number of thiophene rings is 1. The second kappa shape index (κ2) is 8.35. The fraction of sp³-hybridized carbons (Fsp3) is 0.273. The minimum atomic E-state index is -0.688. The zero-order valence-electron chi connectivity index (χ0n) is 17.2. The highest BCUT2D eigenvalue weighted by Gasteiger charge is 2.25. The summed E-state index contributed by atoms with van der Waals surface area (Å²) in [5.41, 5.74) is 8.92. The Morgan fingerprint density at radius 1 is 1.23 bits per heavy atom. The molecule has 31 heavy (non-hydrogen) atoms. The zero-order valence-corrected chi connectivity index (χ0v) is 18.0. The quantitative estimate of drug-likeness (QED) is 0.508. The van der Waals surface area contributed by atoms with Crippen LogP contribution in [0.1, 0.15) is 44.1 Å². The fourth-order valence-corrected chi connectivity index (χ4v) is 4.39. The molecule has 0 bridgehead atoms. The number of para-hydroxylation sites is 1. The molecule has 1 saturated carbocycles. The normalized spacial score (nSPS) is 13.1. The molecule has 0 aliphatic heterocycles. The fourth-order valence-electron chi connectivity index (χ4n) is 3.28. The predicted molar refractivity (Wildman–Crippen MR) is 119 cm³/mol. The first kappa shape index (κ1) is 20.8. The number of hydrogen-bond acceptors (Lipinski definition) is 7. The van der Waals surface area contributed by atoms with E-state index in [9.17, 15) is 14.4 Å². The number of amides is 2. The summed E-state index contributed by atoms with van der Waals surface area (Å²) < 4.78 is 5.17. The van der Waals surface area contributed by atoms with Crippen molar-refractivity contribution in [2.24, 2.45) is 0 Å². The molecule has 2 heterocycles. The third-order valence-electron chi connectivity index (χ3n) is 4.90. The largest absolute Gasteiger partial charge is 0.451 e. The van der Waals surface area contributed by atoms with Gasteiger partial charge in [-0.1, -0.05) is 12.1 Å². The van der Waals surface area contributed by atoms with Gasteiger partial charge in [-0.2, -0.15) is 0 Å². The van der Waals surface area contributed by atoms with Crippen molar-refractivity contribution in [2.75, 3.05) is 17.7 Å². The molecule has 1 aliphatic carbocycles. The van der Waals surface area contributed by atoms with Crippen molar-refractivity contribution in [1.29, 1.82) is 0 Å². The number of carbonyl (C=O) groups is 3. The first-order chi connectivity index (χ1) is 14.8. The van der Waals surface area contributed by atoms with Crippen LogP contribution in [0.25, 0.3) is 10.2 Å². The van der Waals surface area contributed by atoms with Crippen molar-refractivity contribution < 1.29 is 19.1 Å². The maximum atomic E-state index is 12.5. The number of nitrogens with zero attached hydrogens (tertiary/aromatic N) is 1. The number of nitrogens with one attached hydrogen (secondary N) is 2. The molecule has 2 amide bonds. The van der Waals surface area contributed by atoms with E-state index in [4.69, 9.17) is 10.5 Å². The van der Waals surface area contributed by atoms with Gasteiger partial charge in [0.05, 0.1) is 16.9 Å². The summed E-state index contributed by atoms with van der Waals surface area (Å²) in [6.45, 7) is 3.27. The number of hydrogen-bond donors (Lipinski definition) is 3. The van der Waals surface area contributed by atoms with Crippen molar-refractivity contribution in [2.45, 2.75) is 32.7 Å². The van der Waals surface area contributed by atoms with Crippen LogP contribution in [0.2, 0.25) is 0 Å². The van der Waals surface area contributed by atoms with Gasteiger partial charge < -0.3 is 21.1 Å². The number of fused-ring (bicyclic) bond motifs is 1. The van der Waals surface area contributed by atoms with E-state index in [1.54, 1.807) is 24.3 Å². The van der Waals surface area contributed by atoms with E-state index in [0.717, 1.165) is 40.8 Å². The van der Waals surface area contributed by atoms with Gasteiger partial charge in [0.2, 0.25) is 0 Å². The third-order valence-corrected chi connectivity index (χ3v) is 5.98. The lowest BCUT2D eigenvalue weighted by Gasteiger charge is -2.11. The predicted octanol–water partition coefficient (Wildman–Crippen LogP) is 3.18. The molecule has 4 N–H and O–H groups in total. The Morgan fingerprint density at radius 3 is 2.71 bits per heavy atom. The van der Waals surface area contributed by atoms with E-state index in [2.05, 4.69) is 15.6 Å². The van der Waals surface area contributed by atoms with Gasteiger partial charge in [0, 0.05) is 17.1 Å². The van der Waals surface area contributed by atoms with Gasteiger partial charge in [-0.25, -0.2) is 9.78 Å². The van der Waals surface area contributed by atoms with E-state index in [1.165, 1.54) is 0 Å². The van der Waals surface area contributed by atoms with Crippen LogP contribution in [0.15, 0.2) is 30.3 Å². The lowest BCUT2D eigenvalue weighted by Crippen LogP contribution is -2.28. The van der Waals surface area contributed by atoms with Crippen LogP contribution in [-0.2, 0) is 9.53 Å². The third kappa shape index (κ3) is 4.51. The molecule has 8 nitrogen and oxygen atoms in total. The molecule has 0 spiro atoms. The molecule has 4 rings (SSSR count). The Bertz CT molecular complexity index is 1200. The van der Waals surface area contributed by atoms with Crippen LogP contribution in [0, 0.1) is 13.8 Å². The minimum Gasteiger partial charge on any atom is -0.451 e. The maximum absolute atomic E-state index is 12.5. The van der Waals surface area contributed by atoms with Crippen LogP contribution in [0.3, 0.4) is 0 Å². The summed E-state index contributed by atoms with van der Waals surface area (Å²) >= 11 is 1.14. The van der Waals surface area contributed by atoms with Crippen LogP contribution >= 0.6 is 11.3 Å². The van der Waals surface area contributed by atoms with Gasteiger partial charge in [-0.15, -0.1) is 11.3 Å². The number of ether oxygens (including phenoxy) is 1. The van der Waals surface area contributed by atoms with Gasteiger partial charge in [-0.05, 0) is 50.5 Å². The highest BCUT2D eigenvalue weighted by atomic mass is 32.1. The monoisotopic (exact) mass is 438 g/mol. The lowest BCUT2D eigenvalue weighted by atomic mass is 10.1. The zero-order chi connectivity index (χ0) is 22.1. The highest BCUT2D eigenvalue weighted by molar-refractivity contribution is 7.21. The Labute approximate surface area is 182 Å². The molecule has 3 aromatic rings. The van der Waals surface area contributed by atoms with E-state index >= 15 is 0 Å². The van der Waals surface area contributed by atoms with E-state index in [-0.39, 0.29) is 16.8 Å². The molecule has 1 aromatic carbocycles. The molecule has 0 unspecified atom stereocenters. The average molecular weight is 439 g/mol. The number of rotatable bonds is 6. The van der Waals surface area contributed by atoms with Crippen LogP contribution in [-0.4, -0.2) is 35.4 Å². The van der Waals surface area contributed by atoms with Crippen LogP contribution in [0.5, 0.6) is 0 Å². The Balaban J connectivity index is 1.42. The van der Waals surface area contributed by atoms with Gasteiger partial charge in [0.25, 0.3) is 11.8 Å². The molecular weight excluding hydrogens is 416 g/mol. The standard InChI is InChI=1S/C22H22N4O4S/c1-11-9-12(2)24-21-17(11)18(23)19(31-21)22(29)30-10-16(27)26-15-6-4-3-5-14(15)20(28)25-13-7-8-13/h3-6,9,13H,7-8,10,23H2,1-2H3,(H,25,28)(H,26,27). The second-order valence-electron chi connectivity index (χ2n) is 7.52. The number of esters is 1. The molecule has 0 saturated heterocycles. The summed E-state index contributed by atoms with van der Waals surface area (Å²) in [4.78, 5) is 42.5. The van der Waals surface area contributed by atoms with E-state index in [0.29, 0.717) is 21.8 Å². The molecule has 1 fully saturated rings. The Morgan fingerprint density at radius 2 is 1.97 bits per heavy atom. The number of anilines is 2. The van der Waals surface area contributed by atoms with Crippen molar-refractivity contribution in [1.82, 2.24) is 10.3 Å². The van der Waals surface area contributed by atoms with Gasteiger partial charge in [0.15, 0.2) is 6.61 Å². The van der Waals surface area contributed by atoms with Gasteiger partial charge in [-0.3, -0.25) is 9.59 Å². The summed E-state index contributed by atoms with van der Waals surface area (Å²) in [6.07, 6.45) is 1.93. The maximum Gasteiger partial charge on any atom is 0.351 e. The number of aromatic nitrogens is 1. The first-order valence-electron chi connectivity index (χ1n) is 9.86. The molecule has 1 aliphatic rings. The minimum absolute atomic E-state index is 0.200. The van der Waals surface area contributed by atoms with Crippen molar-refractivity contribution in [3.05, 3.63) is 52.0 Å². The smallest absolute Gasteiger partial charge is 0.351 e. The van der Waals surface area contributed by atoms with Gasteiger partial charge >= 0.3 is 5.97 Å². The molecule has 0 atom stereocenters. The van der Waals surface area contributed by atoms with Crippen molar-refractivity contribution in [3.8, 4) is 0 Å². The average Bonchev–Trinajstić information content (AvgIpc) is 3.47. The van der Waals surface area contributed by atoms with Crippen LogP contribution in [0.4, 0.5) is 11.4 Å². The van der Waals surface area contributed by atoms with E-state index in [1.807, 2.05) is 19.9 Å². The van der Waals surface area contributed by atoms with Crippen molar-refractivity contribution in [3.63, 3.8) is 0 Å². The SMILES string of the molecule is Cc1cc(C)c2c(N)c(C(=O)OCC(=O)Nc3ccccc3C(=O)NC3CC3)sc2n1. The molecular formula is C22H22N4O4S. The van der Waals surface area contributed by atoms with Crippen LogP contribution < -0.4 is 16.4 Å². The number of nitrogen functional groups attached to an aromatic ring is 1. The number of aryl methyl sites for hydroxylation is 2. The second-order valence-corrected chi connectivity index (χ2v) is 8.52. The topological polar surface area (TPSA) is 123 Å². The summed E-state index contributed by atoms with van der Waals surface area (Å²) in [5.74, 6) is -1.48. The molecule has 0 radical (unpaired) electrons. The summed E-state index contributed by atoms with van der Waals surface area (Å²) in [5, 5.41) is 6.25. The lowest BCUT2D eigenvalue weighted by molar-refractivity contribution is -0.119. The number of carbonyl (C=O) groups excluding carboxylic acids is 3. The number of benzene rings is 1. The number of nitrogens with two attached hydrogens (primary N) is 1. The Hall–Kier alpha value is -3.46.